The molecule has 0 bridgehead atoms. The first-order valence-corrected chi connectivity index (χ1v) is 9.35. The van der Waals surface area contributed by atoms with Gasteiger partial charge in [0.25, 0.3) is 0 Å². The molecule has 2 aliphatic heterocycles. The molecule has 3 N–H and O–H groups in total. The topological polar surface area (TPSA) is 89.2 Å². The number of nitrogens with zero attached hydrogens (tertiary/aromatic N) is 2. The standard InChI is InChI=1S/C19H28N4O3.HI/c1-2-21-19(23-9-3-4-15(12-23)11-18(20)24)22-8-7-14-5-6-16-17(10-14)26-13-25-16;/h5-6,10,15H,2-4,7-9,11-13H2,1H3,(H2,20,24)(H,21,22);1H. The zero-order valence-electron chi connectivity index (χ0n) is 15.8. The molecule has 1 saturated heterocycles. The van der Waals surface area contributed by atoms with E-state index in [4.69, 9.17) is 20.2 Å². The third-order valence-electron chi connectivity index (χ3n) is 4.74. The molecular weight excluding hydrogens is 459 g/mol. The molecule has 1 fully saturated rings. The van der Waals surface area contributed by atoms with Crippen molar-refractivity contribution >= 4 is 35.8 Å². The number of hydrogen-bond donors (Lipinski definition) is 2. The molecule has 2 heterocycles. The number of ether oxygens (including phenoxy) is 2. The fourth-order valence-electron chi connectivity index (χ4n) is 3.52. The van der Waals surface area contributed by atoms with Crippen molar-refractivity contribution in [3.8, 4) is 11.5 Å². The fourth-order valence-corrected chi connectivity index (χ4v) is 3.52. The zero-order chi connectivity index (χ0) is 18.4. The second-order valence-electron chi connectivity index (χ2n) is 6.80. The summed E-state index contributed by atoms with van der Waals surface area (Å²) in [6.07, 6.45) is 3.40. The van der Waals surface area contributed by atoms with Crippen LogP contribution in [0.3, 0.4) is 0 Å². The lowest BCUT2D eigenvalue weighted by Gasteiger charge is -2.34. The minimum atomic E-state index is -0.221. The summed E-state index contributed by atoms with van der Waals surface area (Å²) in [6.45, 7) is 5.67. The molecule has 1 aromatic rings. The SMILES string of the molecule is CCNC(=NCCc1ccc2c(c1)OCO2)N1CCCC(CC(N)=O)C1.I. The molecule has 0 radical (unpaired) electrons. The summed E-state index contributed by atoms with van der Waals surface area (Å²) in [4.78, 5) is 18.3. The molecule has 3 rings (SSSR count). The second-order valence-corrected chi connectivity index (χ2v) is 6.80. The van der Waals surface area contributed by atoms with Crippen LogP contribution in [0, 0.1) is 5.92 Å². The summed E-state index contributed by atoms with van der Waals surface area (Å²) < 4.78 is 10.8. The number of halogens is 1. The number of rotatable bonds is 6. The van der Waals surface area contributed by atoms with Crippen LogP contribution in [-0.4, -0.2) is 49.7 Å². The lowest BCUT2D eigenvalue weighted by molar-refractivity contribution is -0.119. The van der Waals surface area contributed by atoms with Gasteiger partial charge >= 0.3 is 0 Å². The Morgan fingerprint density at radius 2 is 2.19 bits per heavy atom. The number of aliphatic imine (C=N–C) groups is 1. The number of carbonyl (C=O) groups excluding carboxylic acids is 1. The van der Waals surface area contributed by atoms with E-state index in [2.05, 4.69) is 23.2 Å². The van der Waals surface area contributed by atoms with Gasteiger partial charge in [0.05, 0.1) is 0 Å². The van der Waals surface area contributed by atoms with E-state index in [1.165, 1.54) is 5.56 Å². The third-order valence-corrected chi connectivity index (χ3v) is 4.74. The van der Waals surface area contributed by atoms with E-state index in [0.29, 0.717) is 25.7 Å². The largest absolute Gasteiger partial charge is 0.454 e. The maximum absolute atomic E-state index is 11.2. The molecule has 1 atom stereocenters. The molecular formula is C19H29IN4O3. The molecule has 7 nitrogen and oxygen atoms in total. The second kappa shape index (κ2) is 10.6. The molecule has 27 heavy (non-hydrogen) atoms. The number of primary amides is 1. The van der Waals surface area contributed by atoms with Gasteiger partial charge in [-0.2, -0.15) is 0 Å². The van der Waals surface area contributed by atoms with Crippen LogP contribution >= 0.6 is 24.0 Å². The average molecular weight is 488 g/mol. The van der Waals surface area contributed by atoms with E-state index < -0.39 is 0 Å². The van der Waals surface area contributed by atoms with Crippen LogP contribution in [0.5, 0.6) is 11.5 Å². The molecule has 0 aliphatic carbocycles. The van der Waals surface area contributed by atoms with E-state index in [1.54, 1.807) is 0 Å². The van der Waals surface area contributed by atoms with Gasteiger partial charge in [0.1, 0.15) is 0 Å². The van der Waals surface area contributed by atoms with Gasteiger partial charge in [-0.1, -0.05) is 6.07 Å². The monoisotopic (exact) mass is 488 g/mol. The number of nitrogens with two attached hydrogens (primary N) is 1. The van der Waals surface area contributed by atoms with Crippen molar-refractivity contribution in [3.05, 3.63) is 23.8 Å². The minimum absolute atomic E-state index is 0. The van der Waals surface area contributed by atoms with Gasteiger partial charge in [-0.05, 0) is 49.8 Å². The van der Waals surface area contributed by atoms with Crippen LogP contribution in [0.4, 0.5) is 0 Å². The first kappa shape index (κ1) is 21.6. The Balaban J connectivity index is 0.00000261. The predicted molar refractivity (Wildman–Crippen MR) is 116 cm³/mol. The maximum atomic E-state index is 11.2. The molecule has 0 aromatic heterocycles. The van der Waals surface area contributed by atoms with Gasteiger partial charge in [-0.25, -0.2) is 0 Å². The molecule has 1 aromatic carbocycles. The number of guanidine groups is 1. The highest BCUT2D eigenvalue weighted by atomic mass is 127. The minimum Gasteiger partial charge on any atom is -0.454 e. The lowest BCUT2D eigenvalue weighted by atomic mass is 9.95. The number of likely N-dealkylation sites (tertiary alicyclic amines) is 1. The Morgan fingerprint density at radius 1 is 1.37 bits per heavy atom. The van der Waals surface area contributed by atoms with Crippen molar-refractivity contribution in [2.45, 2.75) is 32.6 Å². The van der Waals surface area contributed by atoms with Gasteiger partial charge in [0.15, 0.2) is 17.5 Å². The Morgan fingerprint density at radius 3 is 2.96 bits per heavy atom. The van der Waals surface area contributed by atoms with Crippen molar-refractivity contribution in [1.29, 1.82) is 0 Å². The first-order valence-electron chi connectivity index (χ1n) is 9.35. The first-order chi connectivity index (χ1) is 12.7. The summed E-state index contributed by atoms with van der Waals surface area (Å²) in [5, 5.41) is 3.37. The van der Waals surface area contributed by atoms with Crippen LogP contribution < -0.4 is 20.5 Å². The van der Waals surface area contributed by atoms with Gasteiger partial charge in [0, 0.05) is 32.6 Å². The van der Waals surface area contributed by atoms with Gasteiger partial charge in [-0.15, -0.1) is 24.0 Å². The highest BCUT2D eigenvalue weighted by molar-refractivity contribution is 14.0. The molecule has 8 heteroatoms. The predicted octanol–water partition coefficient (Wildman–Crippen LogP) is 2.13. The van der Waals surface area contributed by atoms with E-state index in [0.717, 1.165) is 56.4 Å². The normalized spacial score (nSPS) is 18.8. The average Bonchev–Trinajstić information content (AvgIpc) is 3.08. The number of fused-ring (bicyclic) bond motifs is 1. The number of piperidine rings is 1. The van der Waals surface area contributed by atoms with E-state index >= 15 is 0 Å². The molecule has 1 amide bonds. The van der Waals surface area contributed by atoms with Crippen molar-refractivity contribution in [3.63, 3.8) is 0 Å². The van der Waals surface area contributed by atoms with Crippen LogP contribution in [0.2, 0.25) is 0 Å². The Hall–Kier alpha value is -1.71. The zero-order valence-corrected chi connectivity index (χ0v) is 18.1. The van der Waals surface area contributed by atoms with Crippen molar-refractivity contribution < 1.29 is 14.3 Å². The number of benzene rings is 1. The van der Waals surface area contributed by atoms with Crippen LogP contribution in [-0.2, 0) is 11.2 Å². The highest BCUT2D eigenvalue weighted by Gasteiger charge is 2.23. The summed E-state index contributed by atoms with van der Waals surface area (Å²) in [7, 11) is 0. The number of nitrogens with one attached hydrogen (secondary N) is 1. The highest BCUT2D eigenvalue weighted by Crippen LogP contribution is 2.32. The van der Waals surface area contributed by atoms with E-state index in [-0.39, 0.29) is 29.9 Å². The number of hydrogen-bond acceptors (Lipinski definition) is 4. The molecule has 0 spiro atoms. The lowest BCUT2D eigenvalue weighted by Crippen LogP contribution is -2.47. The smallest absolute Gasteiger partial charge is 0.231 e. The Kier molecular flexibility index (Phi) is 8.46. The van der Waals surface area contributed by atoms with Gasteiger partial charge < -0.3 is 25.4 Å². The van der Waals surface area contributed by atoms with E-state index in [9.17, 15) is 4.79 Å². The summed E-state index contributed by atoms with van der Waals surface area (Å²) in [5.41, 5.74) is 6.54. The van der Waals surface area contributed by atoms with Crippen molar-refractivity contribution in [1.82, 2.24) is 10.2 Å². The summed E-state index contributed by atoms with van der Waals surface area (Å²) in [5.74, 6) is 2.63. The summed E-state index contributed by atoms with van der Waals surface area (Å²) >= 11 is 0. The molecule has 150 valence electrons. The third kappa shape index (κ3) is 6.15. The van der Waals surface area contributed by atoms with Gasteiger partial charge in [-0.3, -0.25) is 9.79 Å². The van der Waals surface area contributed by atoms with E-state index in [1.807, 2.05) is 12.1 Å². The number of amides is 1. The Bertz CT molecular complexity index is 668. The summed E-state index contributed by atoms with van der Waals surface area (Å²) in [6, 6.07) is 6.03. The van der Waals surface area contributed by atoms with Crippen molar-refractivity contribution in [2.24, 2.45) is 16.6 Å². The molecule has 1 unspecified atom stereocenters. The van der Waals surface area contributed by atoms with Crippen LogP contribution in [0.25, 0.3) is 0 Å². The quantitative estimate of drug-likeness (QED) is 0.364. The van der Waals surface area contributed by atoms with Crippen molar-refractivity contribution in [2.75, 3.05) is 33.0 Å². The van der Waals surface area contributed by atoms with Crippen LogP contribution in [0.15, 0.2) is 23.2 Å². The number of carbonyl (C=O) groups is 1. The molecule has 0 saturated carbocycles. The Labute approximate surface area is 177 Å². The maximum Gasteiger partial charge on any atom is 0.231 e. The van der Waals surface area contributed by atoms with Gasteiger partial charge in [0.2, 0.25) is 12.7 Å². The molecule has 2 aliphatic rings. The fraction of sp³-hybridized carbons (Fsp3) is 0.579. The van der Waals surface area contributed by atoms with Crippen LogP contribution in [0.1, 0.15) is 31.7 Å².